The fraction of sp³-hybridized carbons (Fsp3) is 1.00. The summed E-state index contributed by atoms with van der Waals surface area (Å²) >= 11 is 0. The summed E-state index contributed by atoms with van der Waals surface area (Å²) in [5.41, 5.74) is 0. The standard InChI is InChI=1S/C22H44N4Si4/c27-19-3-11-23-7-1-8-24(12-4-20-28)16-18-26(14-6-22-30)10-2-9-25(17-15-23)13-5-21-29/h1-22H2. The van der Waals surface area contributed by atoms with E-state index in [-0.39, 0.29) is 0 Å². The van der Waals surface area contributed by atoms with Gasteiger partial charge in [0, 0.05) is 67.1 Å². The molecule has 168 valence electrons. The van der Waals surface area contributed by atoms with E-state index in [1.54, 1.807) is 0 Å². The van der Waals surface area contributed by atoms with Crippen LogP contribution >= 0.6 is 0 Å². The van der Waals surface area contributed by atoms with Crippen molar-refractivity contribution < 1.29 is 0 Å². The first-order chi connectivity index (χ1) is 14.7. The van der Waals surface area contributed by atoms with E-state index in [0.717, 1.165) is 24.2 Å². The van der Waals surface area contributed by atoms with Crippen molar-refractivity contribution in [2.45, 2.75) is 62.7 Å². The second kappa shape index (κ2) is 20.3. The maximum absolute atomic E-state index is 3.67. The minimum Gasteiger partial charge on any atom is -0.302 e. The van der Waals surface area contributed by atoms with Crippen LogP contribution in [0.1, 0.15) is 38.5 Å². The zero-order valence-electron chi connectivity index (χ0n) is 19.3. The fourth-order valence-electron chi connectivity index (χ4n) is 4.15. The third kappa shape index (κ3) is 14.7. The highest BCUT2D eigenvalue weighted by molar-refractivity contribution is 6.09. The monoisotopic (exact) mass is 476 g/mol. The van der Waals surface area contributed by atoms with E-state index in [4.69, 9.17) is 0 Å². The van der Waals surface area contributed by atoms with Crippen molar-refractivity contribution in [3.8, 4) is 0 Å². The van der Waals surface area contributed by atoms with Crippen molar-refractivity contribution in [2.75, 3.05) is 78.5 Å². The quantitative estimate of drug-likeness (QED) is 0.399. The lowest BCUT2D eigenvalue weighted by molar-refractivity contribution is 0.158. The maximum Gasteiger partial charge on any atom is 0.0222 e. The van der Waals surface area contributed by atoms with Crippen LogP contribution in [0.2, 0.25) is 24.2 Å². The Hall–Kier alpha value is 0.708. The number of hydrogen-bond acceptors (Lipinski definition) is 4. The molecule has 0 spiro atoms. The van der Waals surface area contributed by atoms with Crippen molar-refractivity contribution in [3.63, 3.8) is 0 Å². The van der Waals surface area contributed by atoms with Gasteiger partial charge in [0.15, 0.2) is 0 Å². The maximum atomic E-state index is 3.67. The van der Waals surface area contributed by atoms with Crippen LogP contribution in [0.3, 0.4) is 0 Å². The molecule has 0 bridgehead atoms. The summed E-state index contributed by atoms with van der Waals surface area (Å²) in [6, 6.07) is 4.41. The van der Waals surface area contributed by atoms with Gasteiger partial charge in [-0.25, -0.2) is 0 Å². The minimum absolute atomic E-state index is 1.10. The van der Waals surface area contributed by atoms with Crippen LogP contribution in [-0.4, -0.2) is 139 Å². The van der Waals surface area contributed by atoms with E-state index in [1.165, 1.54) is 117 Å². The lowest BCUT2D eigenvalue weighted by atomic mass is 10.2. The largest absolute Gasteiger partial charge is 0.302 e. The predicted molar refractivity (Wildman–Crippen MR) is 136 cm³/mol. The Morgan fingerprint density at radius 1 is 0.367 bits per heavy atom. The number of nitrogens with zero attached hydrogens (tertiary/aromatic N) is 4. The Balaban J connectivity index is 2.72. The molecule has 0 aromatic heterocycles. The minimum atomic E-state index is 1.10. The summed E-state index contributed by atoms with van der Waals surface area (Å²) in [5, 5.41) is 0. The van der Waals surface area contributed by atoms with Gasteiger partial charge in [-0.2, -0.15) is 0 Å². The van der Waals surface area contributed by atoms with E-state index in [1.807, 2.05) is 0 Å². The molecule has 30 heavy (non-hydrogen) atoms. The highest BCUT2D eigenvalue weighted by Gasteiger charge is 2.14. The predicted octanol–water partition coefficient (Wildman–Crippen LogP) is 1.90. The van der Waals surface area contributed by atoms with Crippen LogP contribution in [0, 0.1) is 0 Å². The van der Waals surface area contributed by atoms with Gasteiger partial charge in [-0.3, -0.25) is 0 Å². The second-order valence-corrected chi connectivity index (χ2v) is 10.5. The van der Waals surface area contributed by atoms with E-state index in [0.29, 0.717) is 0 Å². The van der Waals surface area contributed by atoms with Gasteiger partial charge >= 0.3 is 0 Å². The van der Waals surface area contributed by atoms with Gasteiger partial charge in [0.2, 0.25) is 0 Å². The summed E-state index contributed by atoms with van der Waals surface area (Å²) in [5.74, 6) is 0. The Labute approximate surface area is 201 Å². The first-order valence-corrected chi connectivity index (χ1v) is 15.0. The topological polar surface area (TPSA) is 13.0 Å². The molecule has 0 unspecified atom stereocenters. The molecule has 1 fully saturated rings. The Kier molecular flexibility index (Phi) is 19.5. The molecule has 1 aliphatic heterocycles. The van der Waals surface area contributed by atoms with E-state index in [9.17, 15) is 0 Å². The SMILES string of the molecule is [Si]CCCN1CCCN(CCC[Si])CCN(CCC[Si])CCCN(CCC[Si])CC1. The molecule has 0 aromatic carbocycles. The highest BCUT2D eigenvalue weighted by Crippen LogP contribution is 2.06. The van der Waals surface area contributed by atoms with Crippen LogP contribution in [0.4, 0.5) is 0 Å². The molecule has 4 nitrogen and oxygen atoms in total. The Morgan fingerprint density at radius 2 is 0.600 bits per heavy atom. The molecular formula is C22H44N4Si4. The van der Waals surface area contributed by atoms with Crippen LogP contribution in [-0.2, 0) is 0 Å². The summed E-state index contributed by atoms with van der Waals surface area (Å²) in [4.78, 5) is 10.8. The normalized spacial score (nSPS) is 20.4. The second-order valence-electron chi connectivity index (χ2n) is 8.49. The molecule has 1 aliphatic rings. The molecule has 0 amide bonds. The Bertz CT molecular complexity index is 313. The highest BCUT2D eigenvalue weighted by atomic mass is 28.2. The first kappa shape index (κ1) is 28.7. The molecule has 1 rings (SSSR count). The zero-order valence-corrected chi connectivity index (χ0v) is 23.3. The van der Waals surface area contributed by atoms with E-state index >= 15 is 0 Å². The average Bonchev–Trinajstić information content (AvgIpc) is 2.76. The summed E-state index contributed by atoms with van der Waals surface area (Å²) in [6.45, 7) is 14.6. The van der Waals surface area contributed by atoms with Crippen LogP contribution in [0.25, 0.3) is 0 Å². The summed E-state index contributed by atoms with van der Waals surface area (Å²) in [6.07, 6.45) is 7.54. The molecule has 0 N–H and O–H groups in total. The number of hydrogen-bond donors (Lipinski definition) is 0. The third-order valence-corrected chi connectivity index (χ3v) is 7.38. The van der Waals surface area contributed by atoms with Gasteiger partial charge in [0.25, 0.3) is 0 Å². The lowest BCUT2D eigenvalue weighted by Crippen LogP contribution is -2.42. The molecule has 12 radical (unpaired) electrons. The summed E-state index contributed by atoms with van der Waals surface area (Å²) < 4.78 is 0. The molecule has 1 saturated heterocycles. The van der Waals surface area contributed by atoms with Gasteiger partial charge < -0.3 is 19.6 Å². The average molecular weight is 477 g/mol. The molecule has 0 atom stereocenters. The summed E-state index contributed by atoms with van der Waals surface area (Å²) in [7, 11) is 14.7. The molecule has 0 aromatic rings. The molecule has 8 heteroatoms. The van der Waals surface area contributed by atoms with Crippen LogP contribution in [0.15, 0.2) is 0 Å². The fourth-order valence-corrected chi connectivity index (χ4v) is 4.79. The first-order valence-electron chi connectivity index (χ1n) is 12.2. The van der Waals surface area contributed by atoms with E-state index < -0.39 is 0 Å². The van der Waals surface area contributed by atoms with Crippen molar-refractivity contribution in [1.82, 2.24) is 19.6 Å². The number of rotatable bonds is 12. The zero-order chi connectivity index (χ0) is 21.9. The van der Waals surface area contributed by atoms with Crippen molar-refractivity contribution in [3.05, 3.63) is 0 Å². The van der Waals surface area contributed by atoms with Gasteiger partial charge in [-0.05, 0) is 90.9 Å². The van der Waals surface area contributed by atoms with Crippen molar-refractivity contribution >= 4 is 41.0 Å². The third-order valence-electron chi connectivity index (χ3n) is 5.97. The smallest absolute Gasteiger partial charge is 0.0222 e. The Morgan fingerprint density at radius 3 is 0.800 bits per heavy atom. The van der Waals surface area contributed by atoms with E-state index in [2.05, 4.69) is 60.6 Å². The molecule has 1 heterocycles. The van der Waals surface area contributed by atoms with Crippen LogP contribution in [0.5, 0.6) is 0 Å². The molecule has 0 aliphatic carbocycles. The molecular weight excluding hydrogens is 433 g/mol. The molecule has 0 saturated carbocycles. The van der Waals surface area contributed by atoms with Crippen LogP contribution < -0.4 is 0 Å². The van der Waals surface area contributed by atoms with Crippen molar-refractivity contribution in [1.29, 1.82) is 0 Å². The van der Waals surface area contributed by atoms with Gasteiger partial charge in [0.05, 0.1) is 0 Å². The van der Waals surface area contributed by atoms with Crippen molar-refractivity contribution in [2.24, 2.45) is 0 Å². The van der Waals surface area contributed by atoms with Gasteiger partial charge in [-0.1, -0.05) is 24.2 Å². The van der Waals surface area contributed by atoms with Gasteiger partial charge in [0.1, 0.15) is 0 Å². The van der Waals surface area contributed by atoms with Gasteiger partial charge in [-0.15, -0.1) is 0 Å². The lowest BCUT2D eigenvalue weighted by Gasteiger charge is -2.32.